The number of nitro benzene ring substituents is 1. The molecular formula is C13H9NO6. The molecule has 0 amide bonds. The molecule has 0 saturated heterocycles. The summed E-state index contributed by atoms with van der Waals surface area (Å²) in [6.45, 7) is 0. The minimum absolute atomic E-state index is 0.00602. The minimum atomic E-state index is -0.729. The first-order chi connectivity index (χ1) is 9.58. The van der Waals surface area contributed by atoms with Crippen LogP contribution in [0.3, 0.4) is 0 Å². The first-order valence-electron chi connectivity index (χ1n) is 5.49. The lowest BCUT2D eigenvalue weighted by molar-refractivity contribution is -0.384. The summed E-state index contributed by atoms with van der Waals surface area (Å²) in [5.41, 5.74) is -0.328. The molecule has 0 atom stereocenters. The SMILES string of the molecule is COC(=O)c1cccc([N+](=O)[O-])c1-c1ccc(C=O)o1. The van der Waals surface area contributed by atoms with Crippen LogP contribution in [0.5, 0.6) is 0 Å². The highest BCUT2D eigenvalue weighted by Gasteiger charge is 2.25. The molecule has 0 N–H and O–H groups in total. The highest BCUT2D eigenvalue weighted by Crippen LogP contribution is 2.34. The summed E-state index contributed by atoms with van der Waals surface area (Å²) in [7, 11) is 1.17. The van der Waals surface area contributed by atoms with Crippen LogP contribution in [-0.2, 0) is 4.74 Å². The monoisotopic (exact) mass is 275 g/mol. The maximum Gasteiger partial charge on any atom is 0.338 e. The van der Waals surface area contributed by atoms with E-state index in [1.807, 2.05) is 0 Å². The van der Waals surface area contributed by atoms with Crippen LogP contribution >= 0.6 is 0 Å². The second kappa shape index (κ2) is 5.35. The zero-order chi connectivity index (χ0) is 14.7. The lowest BCUT2D eigenvalue weighted by Gasteiger charge is -2.06. The van der Waals surface area contributed by atoms with Gasteiger partial charge < -0.3 is 9.15 Å². The van der Waals surface area contributed by atoms with Crippen LogP contribution < -0.4 is 0 Å². The molecule has 7 nitrogen and oxygen atoms in total. The highest BCUT2D eigenvalue weighted by atomic mass is 16.6. The molecule has 20 heavy (non-hydrogen) atoms. The number of furan rings is 1. The minimum Gasteiger partial charge on any atom is -0.465 e. The molecule has 0 aliphatic heterocycles. The van der Waals surface area contributed by atoms with Crippen LogP contribution in [0.1, 0.15) is 20.9 Å². The molecule has 0 fully saturated rings. The average molecular weight is 275 g/mol. The number of nitro groups is 1. The van der Waals surface area contributed by atoms with Crippen molar-refractivity contribution in [2.75, 3.05) is 7.11 Å². The number of carbonyl (C=O) groups is 2. The number of hydrogen-bond donors (Lipinski definition) is 0. The fourth-order valence-electron chi connectivity index (χ4n) is 1.78. The summed E-state index contributed by atoms with van der Waals surface area (Å²) in [5, 5.41) is 11.1. The molecule has 0 spiro atoms. The molecule has 0 saturated carbocycles. The average Bonchev–Trinajstić information content (AvgIpc) is 2.94. The Hall–Kier alpha value is -2.96. The van der Waals surface area contributed by atoms with Crippen molar-refractivity contribution >= 4 is 17.9 Å². The summed E-state index contributed by atoms with van der Waals surface area (Å²) in [6, 6.07) is 6.75. The summed E-state index contributed by atoms with van der Waals surface area (Å²) in [6.07, 6.45) is 0.468. The van der Waals surface area contributed by atoms with Gasteiger partial charge in [0.25, 0.3) is 5.69 Å². The predicted molar refractivity (Wildman–Crippen MR) is 67.5 cm³/mol. The van der Waals surface area contributed by atoms with E-state index in [0.717, 1.165) is 0 Å². The zero-order valence-electron chi connectivity index (χ0n) is 10.4. The van der Waals surface area contributed by atoms with Gasteiger partial charge in [0.1, 0.15) is 11.3 Å². The third kappa shape index (κ3) is 2.28. The molecule has 2 aromatic rings. The van der Waals surface area contributed by atoms with E-state index in [9.17, 15) is 19.7 Å². The Morgan fingerprint density at radius 1 is 1.35 bits per heavy atom. The number of carbonyl (C=O) groups excluding carboxylic acids is 2. The second-order valence-electron chi connectivity index (χ2n) is 3.77. The predicted octanol–water partition coefficient (Wildman–Crippen LogP) is 2.45. The number of nitrogens with zero attached hydrogens (tertiary/aromatic N) is 1. The van der Waals surface area contributed by atoms with Crippen molar-refractivity contribution in [3.8, 4) is 11.3 Å². The maximum absolute atomic E-state index is 11.7. The van der Waals surface area contributed by atoms with E-state index in [-0.39, 0.29) is 28.3 Å². The van der Waals surface area contributed by atoms with Crippen molar-refractivity contribution in [1.29, 1.82) is 0 Å². The molecule has 2 rings (SSSR count). The Morgan fingerprint density at radius 2 is 2.10 bits per heavy atom. The zero-order valence-corrected chi connectivity index (χ0v) is 10.4. The Bertz CT molecular complexity index is 688. The summed E-state index contributed by atoms with van der Waals surface area (Å²) < 4.78 is 9.76. The summed E-state index contributed by atoms with van der Waals surface area (Å²) >= 11 is 0. The number of esters is 1. The normalized spacial score (nSPS) is 10.1. The van der Waals surface area contributed by atoms with E-state index < -0.39 is 10.9 Å². The molecule has 0 aliphatic carbocycles. The molecule has 1 aromatic carbocycles. The largest absolute Gasteiger partial charge is 0.465 e. The Morgan fingerprint density at radius 3 is 2.65 bits per heavy atom. The van der Waals surface area contributed by atoms with Gasteiger partial charge in [0, 0.05) is 6.07 Å². The second-order valence-corrected chi connectivity index (χ2v) is 3.77. The van der Waals surface area contributed by atoms with Gasteiger partial charge in [-0.2, -0.15) is 0 Å². The van der Waals surface area contributed by atoms with Crippen LogP contribution in [-0.4, -0.2) is 24.3 Å². The van der Waals surface area contributed by atoms with Crippen LogP contribution in [0.15, 0.2) is 34.7 Å². The van der Waals surface area contributed by atoms with Crippen LogP contribution in [0, 0.1) is 10.1 Å². The number of ether oxygens (including phenoxy) is 1. The summed E-state index contributed by atoms with van der Waals surface area (Å²) in [4.78, 5) is 32.8. The highest BCUT2D eigenvalue weighted by molar-refractivity contribution is 5.99. The van der Waals surface area contributed by atoms with E-state index in [4.69, 9.17) is 4.42 Å². The van der Waals surface area contributed by atoms with Crippen molar-refractivity contribution in [3.05, 3.63) is 51.8 Å². The van der Waals surface area contributed by atoms with Crippen molar-refractivity contribution in [1.82, 2.24) is 0 Å². The first-order valence-corrected chi connectivity index (χ1v) is 5.49. The van der Waals surface area contributed by atoms with Gasteiger partial charge in [-0.1, -0.05) is 6.07 Å². The van der Waals surface area contributed by atoms with Crippen LogP contribution in [0.4, 0.5) is 5.69 Å². The fourth-order valence-corrected chi connectivity index (χ4v) is 1.78. The van der Waals surface area contributed by atoms with Gasteiger partial charge in [0.05, 0.1) is 17.6 Å². The number of methoxy groups -OCH3 is 1. The summed E-state index contributed by atoms with van der Waals surface area (Å²) in [5.74, 6) is -0.665. The van der Waals surface area contributed by atoms with Crippen molar-refractivity contribution in [2.24, 2.45) is 0 Å². The molecule has 0 bridgehead atoms. The van der Waals surface area contributed by atoms with Gasteiger partial charge in [-0.15, -0.1) is 0 Å². The third-order valence-electron chi connectivity index (χ3n) is 2.63. The molecule has 0 radical (unpaired) electrons. The van der Waals surface area contributed by atoms with E-state index in [0.29, 0.717) is 6.29 Å². The van der Waals surface area contributed by atoms with Gasteiger partial charge in [-0.3, -0.25) is 14.9 Å². The number of benzene rings is 1. The van der Waals surface area contributed by atoms with Gasteiger partial charge >= 0.3 is 5.97 Å². The molecule has 1 aromatic heterocycles. The topological polar surface area (TPSA) is 99.6 Å². The maximum atomic E-state index is 11.7. The van der Waals surface area contributed by atoms with Crippen LogP contribution in [0.2, 0.25) is 0 Å². The van der Waals surface area contributed by atoms with Gasteiger partial charge in [-0.05, 0) is 18.2 Å². The molecular weight excluding hydrogens is 266 g/mol. The first kappa shape index (κ1) is 13.5. The Balaban J connectivity index is 2.72. The molecule has 0 aliphatic rings. The van der Waals surface area contributed by atoms with Gasteiger partial charge in [0.2, 0.25) is 0 Å². The Kier molecular flexibility index (Phi) is 3.60. The third-order valence-corrected chi connectivity index (χ3v) is 2.63. The van der Waals surface area contributed by atoms with Crippen molar-refractivity contribution in [3.63, 3.8) is 0 Å². The number of hydrogen-bond acceptors (Lipinski definition) is 6. The quantitative estimate of drug-likeness (QED) is 0.367. The van der Waals surface area contributed by atoms with Gasteiger partial charge in [0.15, 0.2) is 12.0 Å². The number of rotatable bonds is 4. The van der Waals surface area contributed by atoms with Crippen molar-refractivity contribution < 1.29 is 23.7 Å². The molecule has 1 heterocycles. The Labute approximate surface area is 112 Å². The van der Waals surface area contributed by atoms with Crippen molar-refractivity contribution in [2.45, 2.75) is 0 Å². The van der Waals surface area contributed by atoms with Crippen LogP contribution in [0.25, 0.3) is 11.3 Å². The lowest BCUT2D eigenvalue weighted by Crippen LogP contribution is -2.05. The molecule has 0 unspecified atom stereocenters. The molecule has 102 valence electrons. The smallest absolute Gasteiger partial charge is 0.338 e. The number of aldehydes is 1. The lowest BCUT2D eigenvalue weighted by atomic mass is 10.0. The fraction of sp³-hybridized carbons (Fsp3) is 0.0769. The standard InChI is InChI=1S/C13H9NO6/c1-19-13(16)9-3-2-4-10(14(17)18)12(9)11-6-5-8(7-15)20-11/h2-7H,1H3. The van der Waals surface area contributed by atoms with E-state index in [2.05, 4.69) is 4.74 Å². The van der Waals surface area contributed by atoms with E-state index in [1.54, 1.807) is 0 Å². The molecule has 7 heteroatoms. The van der Waals surface area contributed by atoms with E-state index in [1.165, 1.54) is 37.4 Å². The van der Waals surface area contributed by atoms with E-state index >= 15 is 0 Å². The van der Waals surface area contributed by atoms with Gasteiger partial charge in [-0.25, -0.2) is 4.79 Å².